The highest BCUT2D eigenvalue weighted by molar-refractivity contribution is 5.77. The van der Waals surface area contributed by atoms with Gasteiger partial charge in [-0.3, -0.25) is 10.4 Å². The van der Waals surface area contributed by atoms with Crippen molar-refractivity contribution in [2.75, 3.05) is 13.6 Å². The Kier molecular flexibility index (Phi) is 3.56. The molecule has 0 bridgehead atoms. The van der Waals surface area contributed by atoms with Gasteiger partial charge in [0.25, 0.3) is 0 Å². The predicted octanol–water partition coefficient (Wildman–Crippen LogP) is -0.830. The second kappa shape index (κ2) is 4.11. The highest BCUT2D eigenvalue weighted by atomic mass is 15.0. The molecule has 0 aliphatic heterocycles. The zero-order valence-corrected chi connectivity index (χ0v) is 4.81. The van der Waals surface area contributed by atoms with Crippen LogP contribution in [-0.2, 0) is 0 Å². The van der Waals surface area contributed by atoms with Gasteiger partial charge in [0.05, 0.1) is 6.54 Å². The molecule has 4 heteroatoms. The Morgan fingerprint density at radius 3 is 3.00 bits per heavy atom. The number of guanidine groups is 1. The van der Waals surface area contributed by atoms with Gasteiger partial charge < -0.3 is 11.1 Å². The molecule has 0 rings (SSSR count). The van der Waals surface area contributed by atoms with Gasteiger partial charge in [0, 0.05) is 13.3 Å². The summed E-state index contributed by atoms with van der Waals surface area (Å²) in [6.07, 6.45) is 1.64. The summed E-state index contributed by atoms with van der Waals surface area (Å²) >= 11 is 0. The first-order valence-corrected chi connectivity index (χ1v) is 2.26. The molecule has 4 nitrogen and oxygen atoms in total. The molecule has 0 fully saturated rings. The van der Waals surface area contributed by atoms with E-state index in [0.717, 1.165) is 0 Å². The molecule has 0 amide bonds. The van der Waals surface area contributed by atoms with Gasteiger partial charge in [-0.15, -0.1) is 0 Å². The van der Waals surface area contributed by atoms with Crippen molar-refractivity contribution < 1.29 is 0 Å². The van der Waals surface area contributed by atoms with E-state index in [4.69, 9.17) is 11.1 Å². The van der Waals surface area contributed by atoms with E-state index in [-0.39, 0.29) is 5.96 Å². The third-order valence-electron chi connectivity index (χ3n) is 0.566. The Labute approximate surface area is 48.3 Å². The number of nitrogens with one attached hydrogen (secondary N) is 2. The molecule has 0 aliphatic carbocycles. The SMILES string of the molecule is CN=CCNC(=N)N. The first kappa shape index (κ1) is 6.94. The predicted molar refractivity (Wildman–Crippen MR) is 34.3 cm³/mol. The lowest BCUT2D eigenvalue weighted by atomic mass is 10.7. The second-order valence-corrected chi connectivity index (χ2v) is 1.24. The molecule has 0 aromatic rings. The smallest absolute Gasteiger partial charge is 0.186 e. The molecule has 0 saturated carbocycles. The van der Waals surface area contributed by atoms with Crippen molar-refractivity contribution >= 4 is 12.2 Å². The van der Waals surface area contributed by atoms with Crippen molar-refractivity contribution in [1.29, 1.82) is 5.41 Å². The van der Waals surface area contributed by atoms with Crippen LogP contribution in [0.4, 0.5) is 0 Å². The highest BCUT2D eigenvalue weighted by Crippen LogP contribution is 1.51. The van der Waals surface area contributed by atoms with Crippen molar-refractivity contribution in [2.45, 2.75) is 0 Å². The molecule has 8 heavy (non-hydrogen) atoms. The van der Waals surface area contributed by atoms with E-state index < -0.39 is 0 Å². The largest absolute Gasteiger partial charge is 0.370 e. The molecule has 4 N–H and O–H groups in total. The lowest BCUT2D eigenvalue weighted by Gasteiger charge is -1.94. The quantitative estimate of drug-likeness (QED) is 0.324. The van der Waals surface area contributed by atoms with Gasteiger partial charge in [-0.2, -0.15) is 0 Å². The molecule has 0 heterocycles. The second-order valence-electron chi connectivity index (χ2n) is 1.24. The lowest BCUT2D eigenvalue weighted by molar-refractivity contribution is 1.05. The normalized spacial score (nSPS) is 9.62. The van der Waals surface area contributed by atoms with E-state index in [2.05, 4.69) is 10.3 Å². The molecule has 0 aromatic heterocycles. The van der Waals surface area contributed by atoms with Crippen LogP contribution in [0.15, 0.2) is 4.99 Å². The molecule has 0 unspecified atom stereocenters. The molecule has 0 aliphatic rings. The van der Waals surface area contributed by atoms with Crippen LogP contribution >= 0.6 is 0 Å². The fourth-order valence-electron chi connectivity index (χ4n) is 0.247. The van der Waals surface area contributed by atoms with Gasteiger partial charge in [-0.1, -0.05) is 0 Å². The van der Waals surface area contributed by atoms with E-state index in [1.807, 2.05) is 0 Å². The zero-order chi connectivity index (χ0) is 6.41. The van der Waals surface area contributed by atoms with Crippen LogP contribution in [0.2, 0.25) is 0 Å². The van der Waals surface area contributed by atoms with Crippen LogP contribution in [0, 0.1) is 5.41 Å². The monoisotopic (exact) mass is 114 g/mol. The Balaban J connectivity index is 3.05. The topological polar surface area (TPSA) is 74.3 Å². The van der Waals surface area contributed by atoms with Crippen LogP contribution < -0.4 is 11.1 Å². The van der Waals surface area contributed by atoms with Crippen LogP contribution in [0.5, 0.6) is 0 Å². The maximum atomic E-state index is 6.68. The van der Waals surface area contributed by atoms with Crippen molar-refractivity contribution in [3.63, 3.8) is 0 Å². The zero-order valence-electron chi connectivity index (χ0n) is 4.81. The Hall–Kier alpha value is -1.06. The third-order valence-corrected chi connectivity index (χ3v) is 0.566. The van der Waals surface area contributed by atoms with Crippen molar-refractivity contribution in [1.82, 2.24) is 5.32 Å². The summed E-state index contributed by atoms with van der Waals surface area (Å²) in [4.78, 5) is 3.67. The summed E-state index contributed by atoms with van der Waals surface area (Å²) in [5, 5.41) is 9.24. The van der Waals surface area contributed by atoms with Crippen LogP contribution in [0.25, 0.3) is 0 Å². The number of rotatable bonds is 2. The molecular weight excluding hydrogens is 104 g/mol. The van der Waals surface area contributed by atoms with Gasteiger partial charge in [0.15, 0.2) is 5.96 Å². The van der Waals surface area contributed by atoms with Crippen LogP contribution in [-0.4, -0.2) is 25.8 Å². The Morgan fingerprint density at radius 2 is 2.62 bits per heavy atom. The van der Waals surface area contributed by atoms with E-state index in [0.29, 0.717) is 6.54 Å². The average molecular weight is 114 g/mol. The van der Waals surface area contributed by atoms with Gasteiger partial charge in [-0.05, 0) is 0 Å². The van der Waals surface area contributed by atoms with Gasteiger partial charge in [0.1, 0.15) is 0 Å². The number of aliphatic imine (C=N–C) groups is 1. The minimum Gasteiger partial charge on any atom is -0.370 e. The Bertz CT molecular complexity index is 96.2. The fourth-order valence-corrected chi connectivity index (χ4v) is 0.247. The van der Waals surface area contributed by atoms with Crippen molar-refractivity contribution in [3.05, 3.63) is 0 Å². The number of hydrogen-bond donors (Lipinski definition) is 3. The van der Waals surface area contributed by atoms with Gasteiger partial charge in [0.2, 0.25) is 0 Å². The molecule has 0 saturated heterocycles. The molecule has 0 radical (unpaired) electrons. The standard InChI is InChI=1S/C4H10N4/c1-7-2-3-8-4(5)6/h2H,3H2,1H3,(H4,5,6,8). The number of hydrogen-bond acceptors (Lipinski definition) is 2. The number of nitrogens with zero attached hydrogens (tertiary/aromatic N) is 1. The van der Waals surface area contributed by atoms with Crippen molar-refractivity contribution in [2.24, 2.45) is 10.7 Å². The third kappa shape index (κ3) is 4.94. The van der Waals surface area contributed by atoms with Crippen LogP contribution in [0.1, 0.15) is 0 Å². The van der Waals surface area contributed by atoms with E-state index in [1.165, 1.54) is 0 Å². The van der Waals surface area contributed by atoms with Crippen LogP contribution in [0.3, 0.4) is 0 Å². The lowest BCUT2D eigenvalue weighted by Crippen LogP contribution is -2.31. The molecule has 0 aromatic carbocycles. The minimum absolute atomic E-state index is 0.0232. The molecular formula is C4H10N4. The molecule has 0 atom stereocenters. The first-order valence-electron chi connectivity index (χ1n) is 2.26. The van der Waals surface area contributed by atoms with Gasteiger partial charge in [-0.25, -0.2) is 0 Å². The maximum absolute atomic E-state index is 6.68. The summed E-state index contributed by atoms with van der Waals surface area (Å²) < 4.78 is 0. The summed E-state index contributed by atoms with van der Waals surface area (Å²) in [6, 6.07) is 0. The molecule has 0 spiro atoms. The van der Waals surface area contributed by atoms with E-state index >= 15 is 0 Å². The summed E-state index contributed by atoms with van der Waals surface area (Å²) in [5.41, 5.74) is 4.94. The number of nitrogens with two attached hydrogens (primary N) is 1. The minimum atomic E-state index is -0.0232. The summed E-state index contributed by atoms with van der Waals surface area (Å²) in [7, 11) is 1.67. The Morgan fingerprint density at radius 1 is 2.00 bits per heavy atom. The van der Waals surface area contributed by atoms with Crippen molar-refractivity contribution in [3.8, 4) is 0 Å². The van der Waals surface area contributed by atoms with Gasteiger partial charge >= 0.3 is 0 Å². The maximum Gasteiger partial charge on any atom is 0.186 e. The first-order chi connectivity index (χ1) is 3.77. The summed E-state index contributed by atoms with van der Waals surface area (Å²) in [5.74, 6) is -0.0232. The fraction of sp³-hybridized carbons (Fsp3) is 0.500. The van der Waals surface area contributed by atoms with E-state index in [1.54, 1.807) is 13.3 Å². The molecule has 46 valence electrons. The highest BCUT2D eigenvalue weighted by Gasteiger charge is 1.78. The van der Waals surface area contributed by atoms with E-state index in [9.17, 15) is 0 Å². The summed E-state index contributed by atoms with van der Waals surface area (Å²) in [6.45, 7) is 0.534. The average Bonchev–Trinajstić information content (AvgIpc) is 1.66.